The van der Waals surface area contributed by atoms with Crippen LogP contribution in [0.25, 0.3) is 0 Å². The van der Waals surface area contributed by atoms with Crippen molar-refractivity contribution in [3.8, 4) is 0 Å². The monoisotopic (exact) mass is 344 g/mol. The molecule has 4 bridgehead atoms. The predicted octanol–water partition coefficient (Wildman–Crippen LogP) is 3.25. The molecule has 1 saturated heterocycles. The number of nitrogens with zero attached hydrogens (tertiary/aromatic N) is 1. The van der Waals surface area contributed by atoms with Gasteiger partial charge in [-0.3, -0.25) is 9.59 Å². The maximum absolute atomic E-state index is 13.6. The van der Waals surface area contributed by atoms with Crippen LogP contribution in [-0.4, -0.2) is 35.3 Å². The largest absolute Gasteiger partial charge is 0.352 e. The Bertz CT molecular complexity index is 531. The van der Waals surface area contributed by atoms with Gasteiger partial charge in [0.15, 0.2) is 0 Å². The molecule has 4 heteroatoms. The summed E-state index contributed by atoms with van der Waals surface area (Å²) in [5.41, 5.74) is -0.106. The summed E-state index contributed by atoms with van der Waals surface area (Å²) in [4.78, 5) is 28.4. The number of rotatable bonds is 3. The lowest BCUT2D eigenvalue weighted by Gasteiger charge is -2.56. The van der Waals surface area contributed by atoms with Gasteiger partial charge in [0.05, 0.1) is 5.41 Å². The molecule has 1 N–H and O–H groups in total. The Labute approximate surface area is 151 Å². The summed E-state index contributed by atoms with van der Waals surface area (Å²) in [6.45, 7) is 0.795. The summed E-state index contributed by atoms with van der Waals surface area (Å²) < 4.78 is 0. The lowest BCUT2D eigenvalue weighted by Crippen LogP contribution is -2.57. The normalized spacial score (nSPS) is 43.0. The molecule has 1 unspecified atom stereocenters. The van der Waals surface area contributed by atoms with Gasteiger partial charge in [-0.2, -0.15) is 0 Å². The number of carbonyl (C=O) groups excluding carboxylic acids is 2. The van der Waals surface area contributed by atoms with Gasteiger partial charge in [-0.05, 0) is 82.0 Å². The smallest absolute Gasteiger partial charge is 0.243 e. The zero-order valence-electron chi connectivity index (χ0n) is 15.3. The molecule has 0 aromatic heterocycles. The van der Waals surface area contributed by atoms with Crippen LogP contribution in [0.2, 0.25) is 0 Å². The van der Waals surface area contributed by atoms with E-state index in [1.807, 2.05) is 4.90 Å². The molecule has 0 spiro atoms. The topological polar surface area (TPSA) is 49.4 Å². The van der Waals surface area contributed by atoms with E-state index in [1.165, 1.54) is 32.1 Å². The third-order valence-corrected chi connectivity index (χ3v) is 8.01. The quantitative estimate of drug-likeness (QED) is 0.854. The first-order valence-electron chi connectivity index (χ1n) is 10.7. The Kier molecular flexibility index (Phi) is 3.87. The average molecular weight is 344 g/mol. The Morgan fingerprint density at radius 3 is 2.04 bits per heavy atom. The van der Waals surface area contributed by atoms with E-state index in [4.69, 9.17) is 0 Å². The first-order valence-corrected chi connectivity index (χ1v) is 10.7. The molecule has 1 heterocycles. The van der Waals surface area contributed by atoms with Crippen LogP contribution in [0.4, 0.5) is 0 Å². The fourth-order valence-corrected chi connectivity index (χ4v) is 7.33. The van der Waals surface area contributed by atoms with E-state index >= 15 is 0 Å². The molecule has 1 aliphatic heterocycles. The van der Waals surface area contributed by atoms with Crippen LogP contribution in [0, 0.1) is 23.2 Å². The minimum absolute atomic E-state index is 0.106. The van der Waals surface area contributed by atoms with Crippen molar-refractivity contribution in [3.63, 3.8) is 0 Å². The second-order valence-electron chi connectivity index (χ2n) is 9.84. The fourth-order valence-electron chi connectivity index (χ4n) is 7.33. The van der Waals surface area contributed by atoms with Gasteiger partial charge in [-0.25, -0.2) is 0 Å². The van der Waals surface area contributed by atoms with Crippen molar-refractivity contribution in [2.45, 2.75) is 89.1 Å². The maximum Gasteiger partial charge on any atom is 0.243 e. The molecule has 4 nitrogen and oxygen atoms in total. The van der Waals surface area contributed by atoms with Crippen LogP contribution in [0.15, 0.2) is 0 Å². The van der Waals surface area contributed by atoms with Gasteiger partial charge >= 0.3 is 0 Å². The summed E-state index contributed by atoms with van der Waals surface area (Å²) in [5, 5.41) is 3.25. The van der Waals surface area contributed by atoms with E-state index in [2.05, 4.69) is 5.32 Å². The first-order chi connectivity index (χ1) is 12.1. The van der Waals surface area contributed by atoms with Crippen LogP contribution in [0.3, 0.4) is 0 Å². The van der Waals surface area contributed by atoms with E-state index in [1.54, 1.807) is 0 Å². The van der Waals surface area contributed by atoms with Gasteiger partial charge in [0.2, 0.25) is 11.8 Å². The van der Waals surface area contributed by atoms with Crippen LogP contribution in [0.1, 0.15) is 77.0 Å². The number of carbonyl (C=O) groups is 2. The van der Waals surface area contributed by atoms with Gasteiger partial charge in [-0.15, -0.1) is 0 Å². The second kappa shape index (κ2) is 5.99. The molecule has 5 saturated carbocycles. The highest BCUT2D eigenvalue weighted by atomic mass is 16.2. The standard InChI is InChI=1S/C21H32N2O2/c24-19(22-17-4-1-2-5-17)18-6-3-7-23(18)20(25)21-11-14-8-15(12-21)10-16(9-14)13-21/h14-18H,1-13H2,(H,22,24). The Balaban J connectivity index is 1.31. The zero-order valence-corrected chi connectivity index (χ0v) is 15.3. The molecule has 6 rings (SSSR count). The average Bonchev–Trinajstić information content (AvgIpc) is 3.24. The van der Waals surface area contributed by atoms with Crippen LogP contribution in [-0.2, 0) is 9.59 Å². The molecule has 6 fully saturated rings. The number of hydrogen-bond donors (Lipinski definition) is 1. The third kappa shape index (κ3) is 2.71. The molecule has 2 amide bonds. The Hall–Kier alpha value is -1.06. The third-order valence-electron chi connectivity index (χ3n) is 8.01. The maximum atomic E-state index is 13.6. The molecule has 0 aromatic carbocycles. The lowest BCUT2D eigenvalue weighted by molar-refractivity contribution is -0.160. The highest BCUT2D eigenvalue weighted by Gasteiger charge is 2.56. The van der Waals surface area contributed by atoms with Crippen molar-refractivity contribution in [3.05, 3.63) is 0 Å². The van der Waals surface area contributed by atoms with Crippen molar-refractivity contribution in [1.29, 1.82) is 0 Å². The van der Waals surface area contributed by atoms with Crippen molar-refractivity contribution < 1.29 is 9.59 Å². The highest BCUT2D eigenvalue weighted by molar-refractivity contribution is 5.91. The van der Waals surface area contributed by atoms with E-state index in [0.29, 0.717) is 11.9 Å². The summed E-state index contributed by atoms with van der Waals surface area (Å²) >= 11 is 0. The Morgan fingerprint density at radius 1 is 0.840 bits per heavy atom. The molecule has 5 aliphatic carbocycles. The predicted molar refractivity (Wildman–Crippen MR) is 95.7 cm³/mol. The fraction of sp³-hybridized carbons (Fsp3) is 0.905. The number of hydrogen-bond acceptors (Lipinski definition) is 2. The summed E-state index contributed by atoms with van der Waals surface area (Å²) in [6, 6.07) is 0.158. The summed E-state index contributed by atoms with van der Waals surface area (Å²) in [7, 11) is 0. The SMILES string of the molecule is O=C(NC1CCCC1)C1CCCN1C(=O)C12CC3CC(CC(C3)C1)C2. The van der Waals surface area contributed by atoms with Gasteiger partial charge < -0.3 is 10.2 Å². The van der Waals surface area contributed by atoms with Gasteiger partial charge in [0, 0.05) is 12.6 Å². The molecule has 0 aromatic rings. The molecular formula is C21H32N2O2. The molecule has 0 radical (unpaired) electrons. The number of likely N-dealkylation sites (tertiary alicyclic amines) is 1. The summed E-state index contributed by atoms with van der Waals surface area (Å²) in [6.07, 6.45) is 13.9. The van der Waals surface area contributed by atoms with E-state index in [-0.39, 0.29) is 17.4 Å². The molecular weight excluding hydrogens is 312 g/mol. The van der Waals surface area contributed by atoms with Gasteiger partial charge in [-0.1, -0.05) is 12.8 Å². The van der Waals surface area contributed by atoms with E-state index in [9.17, 15) is 9.59 Å². The van der Waals surface area contributed by atoms with Crippen molar-refractivity contribution >= 4 is 11.8 Å². The zero-order chi connectivity index (χ0) is 17.0. The van der Waals surface area contributed by atoms with Crippen LogP contribution < -0.4 is 5.32 Å². The number of amides is 2. The molecule has 138 valence electrons. The highest BCUT2D eigenvalue weighted by Crippen LogP contribution is 2.60. The van der Waals surface area contributed by atoms with Crippen LogP contribution in [0.5, 0.6) is 0 Å². The van der Waals surface area contributed by atoms with E-state index < -0.39 is 0 Å². The number of nitrogens with one attached hydrogen (secondary N) is 1. The lowest BCUT2D eigenvalue weighted by atomic mass is 9.49. The molecule has 25 heavy (non-hydrogen) atoms. The molecule has 6 aliphatic rings. The van der Waals surface area contributed by atoms with Crippen molar-refractivity contribution in [1.82, 2.24) is 10.2 Å². The minimum Gasteiger partial charge on any atom is -0.352 e. The first kappa shape index (κ1) is 16.1. The van der Waals surface area contributed by atoms with Gasteiger partial charge in [0.1, 0.15) is 6.04 Å². The van der Waals surface area contributed by atoms with Crippen molar-refractivity contribution in [2.24, 2.45) is 23.2 Å². The van der Waals surface area contributed by atoms with Crippen LogP contribution >= 0.6 is 0 Å². The molecule has 1 atom stereocenters. The summed E-state index contributed by atoms with van der Waals surface area (Å²) in [5.74, 6) is 2.81. The van der Waals surface area contributed by atoms with Gasteiger partial charge in [0.25, 0.3) is 0 Å². The minimum atomic E-state index is -0.193. The second-order valence-corrected chi connectivity index (χ2v) is 9.84. The van der Waals surface area contributed by atoms with Crippen molar-refractivity contribution in [2.75, 3.05) is 6.54 Å². The van der Waals surface area contributed by atoms with E-state index in [0.717, 1.165) is 69.2 Å². The Morgan fingerprint density at radius 2 is 1.44 bits per heavy atom.